The largest absolute Gasteiger partial charge is 0.483 e. The normalized spacial score (nSPS) is 17.9. The first-order valence-corrected chi connectivity index (χ1v) is 7.56. The van der Waals surface area contributed by atoms with Gasteiger partial charge in [0, 0.05) is 13.1 Å². The van der Waals surface area contributed by atoms with E-state index < -0.39 is 5.60 Å². The smallest absolute Gasteiger partial charge is 0.260 e. The molecule has 0 spiro atoms. The molecule has 0 radical (unpaired) electrons. The molecule has 2 rings (SSSR count). The Kier molecular flexibility index (Phi) is 4.70. The Morgan fingerprint density at radius 3 is 2.70 bits per heavy atom. The van der Waals surface area contributed by atoms with Gasteiger partial charge in [-0.05, 0) is 60.3 Å². The molecule has 0 unspecified atom stereocenters. The second-order valence-electron chi connectivity index (χ2n) is 5.60. The molecule has 1 amide bonds. The van der Waals surface area contributed by atoms with Crippen molar-refractivity contribution in [2.75, 3.05) is 19.7 Å². The Hall–Kier alpha value is -1.07. The molecule has 20 heavy (non-hydrogen) atoms. The van der Waals surface area contributed by atoms with Crippen LogP contribution < -0.4 is 4.74 Å². The highest BCUT2D eigenvalue weighted by molar-refractivity contribution is 9.10. The van der Waals surface area contributed by atoms with Crippen molar-refractivity contribution in [1.29, 1.82) is 0 Å². The predicted molar refractivity (Wildman–Crippen MR) is 80.8 cm³/mol. The SMILES string of the molecule is Cc1ccc(OCC(=O)N2CCC(C)(O)CC2)c(Br)c1. The highest BCUT2D eigenvalue weighted by atomic mass is 79.9. The van der Waals surface area contributed by atoms with E-state index in [0.29, 0.717) is 31.7 Å². The molecule has 1 aromatic rings. The molecule has 1 heterocycles. The van der Waals surface area contributed by atoms with Crippen LogP contribution in [0.3, 0.4) is 0 Å². The van der Waals surface area contributed by atoms with E-state index in [-0.39, 0.29) is 12.5 Å². The van der Waals surface area contributed by atoms with Crippen LogP contribution in [-0.2, 0) is 4.79 Å². The molecule has 0 atom stereocenters. The van der Waals surface area contributed by atoms with Gasteiger partial charge < -0.3 is 14.7 Å². The number of hydrogen-bond acceptors (Lipinski definition) is 3. The third kappa shape index (κ3) is 3.96. The Labute approximate surface area is 127 Å². The lowest BCUT2D eigenvalue weighted by Crippen LogP contribution is -2.46. The average molecular weight is 342 g/mol. The second kappa shape index (κ2) is 6.14. The number of carbonyl (C=O) groups excluding carboxylic acids is 1. The zero-order valence-corrected chi connectivity index (χ0v) is 13.4. The van der Waals surface area contributed by atoms with Crippen LogP contribution in [0.2, 0.25) is 0 Å². The molecular formula is C15H20BrNO3. The van der Waals surface area contributed by atoms with Crippen LogP contribution in [-0.4, -0.2) is 41.2 Å². The van der Waals surface area contributed by atoms with Gasteiger partial charge in [0.05, 0.1) is 10.1 Å². The summed E-state index contributed by atoms with van der Waals surface area (Å²) in [6.07, 6.45) is 1.24. The molecule has 110 valence electrons. The molecule has 1 saturated heterocycles. The maximum Gasteiger partial charge on any atom is 0.260 e. The summed E-state index contributed by atoms with van der Waals surface area (Å²) < 4.78 is 6.41. The lowest BCUT2D eigenvalue weighted by Gasteiger charge is -2.35. The zero-order chi connectivity index (χ0) is 14.8. The summed E-state index contributed by atoms with van der Waals surface area (Å²) >= 11 is 3.43. The number of benzene rings is 1. The van der Waals surface area contributed by atoms with Gasteiger partial charge in [0.2, 0.25) is 0 Å². The van der Waals surface area contributed by atoms with E-state index in [2.05, 4.69) is 15.9 Å². The number of likely N-dealkylation sites (tertiary alicyclic amines) is 1. The predicted octanol–water partition coefficient (Wildman–Crippen LogP) is 2.51. The van der Waals surface area contributed by atoms with Crippen molar-refractivity contribution in [3.05, 3.63) is 28.2 Å². The fraction of sp³-hybridized carbons (Fsp3) is 0.533. The third-order valence-electron chi connectivity index (χ3n) is 3.63. The fourth-order valence-corrected chi connectivity index (χ4v) is 2.80. The number of piperidine rings is 1. The first-order valence-electron chi connectivity index (χ1n) is 6.76. The molecule has 1 fully saturated rings. The topological polar surface area (TPSA) is 49.8 Å². The molecular weight excluding hydrogens is 322 g/mol. The quantitative estimate of drug-likeness (QED) is 0.918. The summed E-state index contributed by atoms with van der Waals surface area (Å²) in [6, 6.07) is 5.76. The van der Waals surface area contributed by atoms with Crippen LogP contribution in [0.1, 0.15) is 25.3 Å². The molecule has 0 aliphatic carbocycles. The maximum atomic E-state index is 12.1. The number of aryl methyl sites for hydroxylation is 1. The average Bonchev–Trinajstić information content (AvgIpc) is 2.37. The molecule has 5 heteroatoms. The Morgan fingerprint density at radius 1 is 1.45 bits per heavy atom. The van der Waals surface area contributed by atoms with Crippen molar-refractivity contribution in [3.63, 3.8) is 0 Å². The van der Waals surface area contributed by atoms with E-state index >= 15 is 0 Å². The van der Waals surface area contributed by atoms with E-state index in [9.17, 15) is 9.90 Å². The Morgan fingerprint density at radius 2 is 2.10 bits per heavy atom. The number of nitrogens with zero attached hydrogens (tertiary/aromatic N) is 1. The van der Waals surface area contributed by atoms with Crippen molar-refractivity contribution in [3.8, 4) is 5.75 Å². The number of hydrogen-bond donors (Lipinski definition) is 1. The number of aliphatic hydroxyl groups is 1. The first-order chi connectivity index (χ1) is 9.37. The molecule has 1 aliphatic rings. The van der Waals surface area contributed by atoms with Gasteiger partial charge in [-0.2, -0.15) is 0 Å². The highest BCUT2D eigenvalue weighted by Gasteiger charge is 2.29. The second-order valence-corrected chi connectivity index (χ2v) is 6.45. The number of carbonyl (C=O) groups is 1. The van der Waals surface area contributed by atoms with Crippen molar-refractivity contribution in [1.82, 2.24) is 4.90 Å². The van der Waals surface area contributed by atoms with Crippen LogP contribution in [0.5, 0.6) is 5.75 Å². The third-order valence-corrected chi connectivity index (χ3v) is 4.25. The fourth-order valence-electron chi connectivity index (χ4n) is 2.19. The van der Waals surface area contributed by atoms with E-state index in [1.165, 1.54) is 0 Å². The molecule has 0 saturated carbocycles. The van der Waals surface area contributed by atoms with Gasteiger partial charge in [0.25, 0.3) is 5.91 Å². The number of ether oxygens (including phenoxy) is 1. The lowest BCUT2D eigenvalue weighted by atomic mass is 9.94. The molecule has 4 nitrogen and oxygen atoms in total. The Balaban J connectivity index is 1.86. The van der Waals surface area contributed by atoms with E-state index in [1.54, 1.807) is 4.90 Å². The summed E-state index contributed by atoms with van der Waals surface area (Å²) in [5, 5.41) is 9.87. The van der Waals surface area contributed by atoms with Crippen molar-refractivity contribution in [2.45, 2.75) is 32.3 Å². The van der Waals surface area contributed by atoms with Gasteiger partial charge in [0.15, 0.2) is 6.61 Å². The van der Waals surface area contributed by atoms with Crippen molar-refractivity contribution < 1.29 is 14.6 Å². The van der Waals surface area contributed by atoms with Gasteiger partial charge in [-0.25, -0.2) is 0 Å². The van der Waals surface area contributed by atoms with Gasteiger partial charge in [-0.3, -0.25) is 4.79 Å². The van der Waals surface area contributed by atoms with Crippen LogP contribution in [0.4, 0.5) is 0 Å². The van der Waals surface area contributed by atoms with E-state index in [0.717, 1.165) is 10.0 Å². The summed E-state index contributed by atoms with van der Waals surface area (Å²) in [4.78, 5) is 13.8. The first kappa shape index (κ1) is 15.3. The number of rotatable bonds is 3. The van der Waals surface area contributed by atoms with Crippen LogP contribution in [0.15, 0.2) is 22.7 Å². The van der Waals surface area contributed by atoms with Gasteiger partial charge in [0.1, 0.15) is 5.75 Å². The zero-order valence-electron chi connectivity index (χ0n) is 11.9. The molecule has 0 bridgehead atoms. The van der Waals surface area contributed by atoms with Gasteiger partial charge in [-0.15, -0.1) is 0 Å². The molecule has 1 aromatic carbocycles. The van der Waals surface area contributed by atoms with Crippen molar-refractivity contribution in [2.24, 2.45) is 0 Å². The monoisotopic (exact) mass is 341 g/mol. The van der Waals surface area contributed by atoms with E-state index in [1.807, 2.05) is 32.0 Å². The summed E-state index contributed by atoms with van der Waals surface area (Å²) in [7, 11) is 0. The van der Waals surface area contributed by atoms with Crippen LogP contribution >= 0.6 is 15.9 Å². The van der Waals surface area contributed by atoms with Crippen molar-refractivity contribution >= 4 is 21.8 Å². The number of amides is 1. The standard InChI is InChI=1S/C15H20BrNO3/c1-11-3-4-13(12(16)9-11)20-10-14(18)17-7-5-15(2,19)6-8-17/h3-4,9,19H,5-8,10H2,1-2H3. The molecule has 0 aromatic heterocycles. The summed E-state index contributed by atoms with van der Waals surface area (Å²) in [6.45, 7) is 5.02. The van der Waals surface area contributed by atoms with Crippen LogP contribution in [0.25, 0.3) is 0 Å². The molecule has 1 N–H and O–H groups in total. The minimum Gasteiger partial charge on any atom is -0.483 e. The highest BCUT2D eigenvalue weighted by Crippen LogP contribution is 2.26. The summed E-state index contributed by atoms with van der Waals surface area (Å²) in [5.41, 5.74) is 0.492. The lowest BCUT2D eigenvalue weighted by molar-refractivity contribution is -0.137. The minimum atomic E-state index is -0.641. The van der Waals surface area contributed by atoms with Gasteiger partial charge in [-0.1, -0.05) is 6.07 Å². The maximum absolute atomic E-state index is 12.1. The van der Waals surface area contributed by atoms with Gasteiger partial charge >= 0.3 is 0 Å². The minimum absolute atomic E-state index is 0.0316. The molecule has 1 aliphatic heterocycles. The van der Waals surface area contributed by atoms with Crippen LogP contribution in [0, 0.1) is 6.92 Å². The number of halogens is 1. The Bertz CT molecular complexity index is 492. The van der Waals surface area contributed by atoms with E-state index in [4.69, 9.17) is 4.74 Å². The summed E-state index contributed by atoms with van der Waals surface area (Å²) in [5.74, 6) is 0.640.